The van der Waals surface area contributed by atoms with Gasteiger partial charge in [-0.05, 0) is 70.6 Å². The molecule has 3 heterocycles. The first kappa shape index (κ1) is 64.1. The van der Waals surface area contributed by atoms with E-state index in [1.54, 1.807) is 13.8 Å². The van der Waals surface area contributed by atoms with Gasteiger partial charge in [-0.3, -0.25) is 57.9 Å². The topological polar surface area (TPSA) is 523 Å². The minimum atomic E-state index is -1.86. The number of carboxylic acids is 2. The lowest BCUT2D eigenvalue weighted by Gasteiger charge is -2.31. The van der Waals surface area contributed by atoms with E-state index < -0.39 is 145 Å². The minimum absolute atomic E-state index is 0.0136. The third-order valence-electron chi connectivity index (χ3n) is 12.7. The summed E-state index contributed by atoms with van der Waals surface area (Å²) in [5.74, 6) is -11.4. The zero-order valence-electron chi connectivity index (χ0n) is 43.9. The molecule has 32 heteroatoms. The van der Waals surface area contributed by atoms with Crippen molar-refractivity contribution in [3.63, 3.8) is 0 Å². The number of carboxylic acid groups (broad SMARTS) is 2. The van der Waals surface area contributed by atoms with Crippen LogP contribution in [0.4, 0.5) is 0 Å². The molecular weight excluding hydrogens is 1030 g/mol. The molecular formula is C46H76N18O14. The Morgan fingerprint density at radius 3 is 1.76 bits per heavy atom. The van der Waals surface area contributed by atoms with Gasteiger partial charge in [-0.15, -0.1) is 0 Å². The number of aliphatic hydroxyl groups is 1. The van der Waals surface area contributed by atoms with E-state index in [1.807, 2.05) is 0 Å². The quantitative estimate of drug-likeness (QED) is 0.0181. The highest BCUT2D eigenvalue weighted by Gasteiger charge is 2.41. The van der Waals surface area contributed by atoms with Crippen molar-refractivity contribution >= 4 is 77.0 Å². The number of aromatic nitrogens is 2. The van der Waals surface area contributed by atoms with Crippen LogP contribution in [0, 0.1) is 5.92 Å². The van der Waals surface area contributed by atoms with Gasteiger partial charge in [0.25, 0.3) is 0 Å². The average Bonchev–Trinajstić information content (AvgIpc) is 4.20. The number of likely N-dealkylation sites (tertiary alicyclic amines) is 2. The van der Waals surface area contributed by atoms with E-state index in [9.17, 15) is 68.1 Å². The predicted octanol–water partition coefficient (Wildman–Crippen LogP) is -6.99. The predicted molar refractivity (Wildman–Crippen MR) is 276 cm³/mol. The number of aromatic amines is 1. The molecule has 32 nitrogen and oxygen atoms in total. The number of amides is 9. The van der Waals surface area contributed by atoms with Crippen LogP contribution in [-0.2, 0) is 59.2 Å². The Balaban J connectivity index is 1.83. The molecule has 0 aromatic carbocycles. The summed E-state index contributed by atoms with van der Waals surface area (Å²) < 4.78 is 0. The van der Waals surface area contributed by atoms with Gasteiger partial charge in [0.05, 0.1) is 25.5 Å². The largest absolute Gasteiger partial charge is 0.481 e. The van der Waals surface area contributed by atoms with E-state index in [4.69, 9.17) is 28.7 Å². The van der Waals surface area contributed by atoms with Crippen molar-refractivity contribution < 1.29 is 68.1 Å². The van der Waals surface area contributed by atoms with E-state index in [0.717, 1.165) is 6.92 Å². The highest BCUT2D eigenvalue weighted by molar-refractivity contribution is 5.98. The fourth-order valence-corrected chi connectivity index (χ4v) is 8.62. The first-order valence-corrected chi connectivity index (χ1v) is 25.4. The molecule has 9 amide bonds. The number of carbonyl (C=O) groups excluding carboxylic acids is 9. The number of nitrogens with two attached hydrogens (primary N) is 5. The van der Waals surface area contributed by atoms with Gasteiger partial charge in [-0.1, -0.05) is 13.8 Å². The number of rotatable bonds is 32. The molecule has 2 fully saturated rings. The number of imidazole rings is 1. The molecule has 21 N–H and O–H groups in total. The second kappa shape index (κ2) is 31.8. The van der Waals surface area contributed by atoms with Crippen molar-refractivity contribution in [2.75, 3.05) is 39.3 Å². The van der Waals surface area contributed by atoms with Gasteiger partial charge in [-0.25, -0.2) is 9.78 Å². The minimum Gasteiger partial charge on any atom is -0.481 e. The molecule has 0 aliphatic carbocycles. The van der Waals surface area contributed by atoms with Crippen LogP contribution < -0.4 is 65.9 Å². The molecule has 0 bridgehead atoms. The number of H-pyrrole nitrogens is 1. The van der Waals surface area contributed by atoms with Crippen molar-refractivity contribution in [1.29, 1.82) is 0 Å². The lowest BCUT2D eigenvalue weighted by Crippen LogP contribution is -2.62. The van der Waals surface area contributed by atoms with Crippen molar-refractivity contribution in [1.82, 2.24) is 57.0 Å². The van der Waals surface area contributed by atoms with Gasteiger partial charge in [-0.2, -0.15) is 0 Å². The lowest BCUT2D eigenvalue weighted by atomic mass is 10.0. The third kappa shape index (κ3) is 20.8. The molecule has 0 radical (unpaired) electrons. The number of nitrogens with one attached hydrogen (secondary N) is 8. The number of guanidine groups is 2. The molecule has 1 aromatic heterocycles. The van der Waals surface area contributed by atoms with E-state index in [0.29, 0.717) is 25.0 Å². The average molecular weight is 1110 g/mol. The first-order valence-electron chi connectivity index (χ1n) is 25.4. The fraction of sp³-hybridized carbons (Fsp3) is 0.652. The summed E-state index contributed by atoms with van der Waals surface area (Å²) in [6, 6.07) is -11.1. The van der Waals surface area contributed by atoms with Crippen molar-refractivity contribution in [3.05, 3.63) is 18.2 Å². The van der Waals surface area contributed by atoms with Crippen LogP contribution in [-0.4, -0.2) is 206 Å². The van der Waals surface area contributed by atoms with E-state index in [2.05, 4.69) is 57.2 Å². The Hall–Kier alpha value is -8.16. The van der Waals surface area contributed by atoms with Gasteiger partial charge in [0.1, 0.15) is 48.3 Å². The SMILES string of the molecule is CC(C)[C@H](NC(=O)[C@@H]1CCCN1C(=O)[C@H](Cc1cnc[nH]1)NC(=O)[C@@H](NC(=O)[C@H](CCC(=O)O)NC(=O)[C@H](CCCN=C(N)N)NC(=O)CNC(=O)[C@H](CCCN=C(N)N)NC(=O)[C@@H]1CCCN1C(=O)CN)[C@@H](C)O)C(=O)O. The molecule has 2 saturated heterocycles. The Morgan fingerprint density at radius 2 is 1.23 bits per heavy atom. The first-order chi connectivity index (χ1) is 36.8. The number of carbonyl (C=O) groups is 11. The van der Waals surface area contributed by atoms with Crippen LogP contribution in [0.2, 0.25) is 0 Å². The van der Waals surface area contributed by atoms with Crippen molar-refractivity contribution in [3.8, 4) is 0 Å². The van der Waals surface area contributed by atoms with Crippen LogP contribution >= 0.6 is 0 Å². The van der Waals surface area contributed by atoms with E-state index >= 15 is 0 Å². The zero-order valence-corrected chi connectivity index (χ0v) is 43.9. The van der Waals surface area contributed by atoms with Crippen LogP contribution in [0.1, 0.15) is 90.7 Å². The molecule has 2 aliphatic heterocycles. The van der Waals surface area contributed by atoms with Crippen LogP contribution in [0.3, 0.4) is 0 Å². The van der Waals surface area contributed by atoms with Crippen molar-refractivity contribution in [2.45, 2.75) is 146 Å². The smallest absolute Gasteiger partial charge is 0.326 e. The Labute approximate surface area is 449 Å². The summed E-state index contributed by atoms with van der Waals surface area (Å²) in [5.41, 5.74) is 27.6. The summed E-state index contributed by atoms with van der Waals surface area (Å²) in [6.07, 6.45) is 0.857. The second-order valence-electron chi connectivity index (χ2n) is 19.1. The molecule has 2 aliphatic rings. The van der Waals surface area contributed by atoms with Crippen LogP contribution in [0.5, 0.6) is 0 Å². The van der Waals surface area contributed by atoms with Gasteiger partial charge in [0, 0.05) is 50.9 Å². The number of nitrogens with zero attached hydrogens (tertiary/aromatic N) is 5. The Bertz CT molecular complexity index is 2320. The van der Waals surface area contributed by atoms with Crippen LogP contribution in [0.25, 0.3) is 0 Å². The van der Waals surface area contributed by atoms with Crippen molar-refractivity contribution in [2.24, 2.45) is 44.6 Å². The van der Waals surface area contributed by atoms with Gasteiger partial charge >= 0.3 is 11.9 Å². The fourth-order valence-electron chi connectivity index (χ4n) is 8.62. The Kier molecular flexibility index (Phi) is 26.1. The third-order valence-corrected chi connectivity index (χ3v) is 12.7. The van der Waals surface area contributed by atoms with Gasteiger partial charge in [0.15, 0.2) is 11.9 Å². The maximum absolute atomic E-state index is 14.2. The van der Waals surface area contributed by atoms with E-state index in [1.165, 1.54) is 22.3 Å². The number of hydrogen-bond donors (Lipinski definition) is 16. The molecule has 434 valence electrons. The maximum atomic E-state index is 14.2. The summed E-state index contributed by atoms with van der Waals surface area (Å²) >= 11 is 0. The summed E-state index contributed by atoms with van der Waals surface area (Å²) in [4.78, 5) is 163. The molecule has 0 spiro atoms. The highest BCUT2D eigenvalue weighted by Crippen LogP contribution is 2.21. The molecule has 0 saturated carbocycles. The maximum Gasteiger partial charge on any atom is 0.326 e. The molecule has 1 aromatic rings. The number of aliphatic imine (C=N–C) groups is 2. The molecule has 78 heavy (non-hydrogen) atoms. The highest BCUT2D eigenvalue weighted by atomic mass is 16.4. The standard InChI is InChI=1S/C46H76N18O14/c1-23(2)35(44(77)78)61-41(74)31-11-7-17-64(31)43(76)29(18-25-20-52-22-56-25)60-42(75)36(24(3)65)62-39(72)28(12-13-34(68)69)58-38(71)27(9-5-15-54-46(50)51)57-32(66)21-55-37(70)26(8-4-14-53-45(48)49)59-40(73)30-10-6-16-63(30)33(67)19-47/h20,22-24,26-31,35-36,65H,4-19,21,47H2,1-3H3,(H,52,56)(H,55,70)(H,57,66)(H,58,71)(H,59,73)(H,60,75)(H,61,74)(H,62,72)(H,68,69)(H,77,78)(H4,48,49,53)(H4,50,51,54)/t24-,26+,27+,28+,29+,30+,31+,35+,36+/m1/s1. The summed E-state index contributed by atoms with van der Waals surface area (Å²) in [5, 5.41) is 47.3. The zero-order chi connectivity index (χ0) is 58.2. The monoisotopic (exact) mass is 1100 g/mol. The lowest BCUT2D eigenvalue weighted by molar-refractivity contribution is -0.146. The Morgan fingerprint density at radius 1 is 0.692 bits per heavy atom. The summed E-state index contributed by atoms with van der Waals surface area (Å²) in [6.45, 7) is 3.61. The summed E-state index contributed by atoms with van der Waals surface area (Å²) in [7, 11) is 0. The van der Waals surface area contributed by atoms with Crippen LogP contribution in [0.15, 0.2) is 22.5 Å². The normalized spacial score (nSPS) is 17.6. The molecule has 9 atom stereocenters. The van der Waals surface area contributed by atoms with Gasteiger partial charge < -0.3 is 96.0 Å². The molecule has 0 unspecified atom stereocenters. The van der Waals surface area contributed by atoms with Gasteiger partial charge in [0.2, 0.25) is 53.2 Å². The number of aliphatic hydroxyl groups excluding tert-OH is 1. The van der Waals surface area contributed by atoms with E-state index in [-0.39, 0.29) is 83.2 Å². The number of aliphatic carboxylic acids is 2. The number of hydrogen-bond acceptors (Lipinski definition) is 16. The molecule has 3 rings (SSSR count). The second-order valence-corrected chi connectivity index (χ2v) is 19.1.